The van der Waals surface area contributed by atoms with Crippen LogP contribution in [-0.2, 0) is 0 Å². The second-order valence-electron chi connectivity index (χ2n) is 3.84. The van der Waals surface area contributed by atoms with Gasteiger partial charge < -0.3 is 5.32 Å². The molecule has 0 radical (unpaired) electrons. The van der Waals surface area contributed by atoms with Gasteiger partial charge in [0, 0.05) is 23.4 Å². The summed E-state index contributed by atoms with van der Waals surface area (Å²) in [4.78, 5) is 4.12. The molecule has 0 bridgehead atoms. The molecule has 0 unspecified atom stereocenters. The number of alkyl halides is 2. The Morgan fingerprint density at radius 1 is 1.27 bits per heavy atom. The number of pyridine rings is 1. The van der Waals surface area contributed by atoms with Gasteiger partial charge in [-0.1, -0.05) is 0 Å². The first-order valence-corrected chi connectivity index (χ1v) is 5.22. The van der Waals surface area contributed by atoms with Crippen LogP contribution in [0.2, 0.25) is 0 Å². The van der Waals surface area contributed by atoms with Gasteiger partial charge in [-0.3, -0.25) is 4.98 Å². The van der Waals surface area contributed by atoms with Crippen LogP contribution in [0.3, 0.4) is 0 Å². The Kier molecular flexibility index (Phi) is 3.26. The molecule has 15 heavy (non-hydrogen) atoms. The Labute approximate surface area is 87.7 Å². The van der Waals surface area contributed by atoms with Crippen molar-refractivity contribution in [3.63, 3.8) is 0 Å². The third kappa shape index (κ3) is 2.50. The van der Waals surface area contributed by atoms with Gasteiger partial charge >= 0.3 is 0 Å². The minimum absolute atomic E-state index is 0.00712. The molecule has 2 nitrogen and oxygen atoms in total. The number of rotatable bonds is 2. The van der Waals surface area contributed by atoms with Crippen LogP contribution in [0.15, 0.2) is 18.3 Å². The van der Waals surface area contributed by atoms with E-state index in [4.69, 9.17) is 0 Å². The Bertz CT molecular complexity index is 305. The summed E-state index contributed by atoms with van der Waals surface area (Å²) in [5, 5.41) is 3.27. The van der Waals surface area contributed by atoms with E-state index in [1.165, 1.54) is 12.3 Å². The van der Waals surface area contributed by atoms with Crippen molar-refractivity contribution in [2.75, 3.05) is 13.1 Å². The maximum atomic E-state index is 12.3. The van der Waals surface area contributed by atoms with Crippen LogP contribution in [0, 0.1) is 0 Å². The molecule has 2 heterocycles. The Morgan fingerprint density at radius 3 is 2.53 bits per heavy atom. The zero-order valence-corrected chi connectivity index (χ0v) is 8.42. The molecule has 82 valence electrons. The van der Waals surface area contributed by atoms with E-state index < -0.39 is 6.43 Å². The molecule has 2 rings (SSSR count). The number of piperidine rings is 1. The Balaban J connectivity index is 2.08. The SMILES string of the molecule is FC(F)c1ccc(C2CCNCC2)nc1. The number of nitrogens with zero attached hydrogens (tertiary/aromatic N) is 1. The van der Waals surface area contributed by atoms with Crippen LogP contribution < -0.4 is 5.32 Å². The van der Waals surface area contributed by atoms with Gasteiger partial charge in [0.05, 0.1) is 0 Å². The van der Waals surface area contributed by atoms with Gasteiger partial charge in [-0.05, 0) is 38.1 Å². The summed E-state index contributed by atoms with van der Waals surface area (Å²) in [5.74, 6) is 0.429. The number of hydrogen-bond acceptors (Lipinski definition) is 2. The fourth-order valence-electron chi connectivity index (χ4n) is 1.91. The van der Waals surface area contributed by atoms with E-state index in [0.717, 1.165) is 31.6 Å². The van der Waals surface area contributed by atoms with Crippen molar-refractivity contribution < 1.29 is 8.78 Å². The van der Waals surface area contributed by atoms with Crippen LogP contribution in [0.4, 0.5) is 8.78 Å². The van der Waals surface area contributed by atoms with Gasteiger partial charge in [-0.15, -0.1) is 0 Å². The second-order valence-corrected chi connectivity index (χ2v) is 3.84. The van der Waals surface area contributed by atoms with Crippen LogP contribution in [-0.4, -0.2) is 18.1 Å². The molecule has 0 atom stereocenters. The lowest BCUT2D eigenvalue weighted by Gasteiger charge is -2.22. The van der Waals surface area contributed by atoms with Crippen molar-refractivity contribution >= 4 is 0 Å². The number of aromatic nitrogens is 1. The zero-order chi connectivity index (χ0) is 10.7. The van der Waals surface area contributed by atoms with Crippen LogP contribution in [0.25, 0.3) is 0 Å². The highest BCUT2D eigenvalue weighted by atomic mass is 19.3. The third-order valence-electron chi connectivity index (χ3n) is 2.82. The highest BCUT2D eigenvalue weighted by molar-refractivity contribution is 5.18. The predicted molar refractivity (Wildman–Crippen MR) is 54.0 cm³/mol. The average molecular weight is 212 g/mol. The van der Waals surface area contributed by atoms with E-state index in [0.29, 0.717) is 5.92 Å². The van der Waals surface area contributed by atoms with Crippen molar-refractivity contribution in [1.29, 1.82) is 0 Å². The van der Waals surface area contributed by atoms with Gasteiger partial charge in [-0.25, -0.2) is 8.78 Å². The molecule has 1 saturated heterocycles. The summed E-state index contributed by atoms with van der Waals surface area (Å²) in [6.07, 6.45) is 0.962. The summed E-state index contributed by atoms with van der Waals surface area (Å²) < 4.78 is 24.6. The summed E-state index contributed by atoms with van der Waals surface area (Å²) in [7, 11) is 0. The molecule has 0 saturated carbocycles. The molecule has 0 spiro atoms. The van der Waals surface area contributed by atoms with Crippen LogP contribution in [0.1, 0.15) is 36.4 Å². The van der Waals surface area contributed by atoms with Gasteiger partial charge in [-0.2, -0.15) is 0 Å². The van der Waals surface area contributed by atoms with Crippen molar-refractivity contribution in [2.45, 2.75) is 25.2 Å². The predicted octanol–water partition coefficient (Wildman–Crippen LogP) is 2.49. The first-order chi connectivity index (χ1) is 7.27. The van der Waals surface area contributed by atoms with Crippen LogP contribution in [0.5, 0.6) is 0 Å². The molecular weight excluding hydrogens is 198 g/mol. The van der Waals surface area contributed by atoms with Gasteiger partial charge in [0.15, 0.2) is 0 Å². The molecule has 1 aromatic rings. The molecule has 0 amide bonds. The normalized spacial score (nSPS) is 18.3. The summed E-state index contributed by atoms with van der Waals surface area (Å²) in [5.41, 5.74) is 0.952. The number of hydrogen-bond donors (Lipinski definition) is 1. The zero-order valence-electron chi connectivity index (χ0n) is 8.42. The molecule has 1 N–H and O–H groups in total. The first kappa shape index (κ1) is 10.5. The topological polar surface area (TPSA) is 24.9 Å². The van der Waals surface area contributed by atoms with Gasteiger partial charge in [0.25, 0.3) is 6.43 Å². The fraction of sp³-hybridized carbons (Fsp3) is 0.545. The lowest BCUT2D eigenvalue weighted by molar-refractivity contribution is 0.151. The number of nitrogens with one attached hydrogen (secondary N) is 1. The van der Waals surface area contributed by atoms with E-state index in [1.54, 1.807) is 6.07 Å². The summed E-state index contributed by atoms with van der Waals surface area (Å²) >= 11 is 0. The maximum Gasteiger partial charge on any atom is 0.265 e. The molecule has 4 heteroatoms. The van der Waals surface area contributed by atoms with Crippen molar-refractivity contribution in [2.24, 2.45) is 0 Å². The number of halogens is 2. The highest BCUT2D eigenvalue weighted by Crippen LogP contribution is 2.25. The molecule has 1 aliphatic heterocycles. The van der Waals surface area contributed by atoms with Crippen molar-refractivity contribution in [1.82, 2.24) is 10.3 Å². The summed E-state index contributed by atoms with van der Waals surface area (Å²) in [6.45, 7) is 1.98. The average Bonchev–Trinajstić information content (AvgIpc) is 2.30. The molecular formula is C11H14F2N2. The summed E-state index contributed by atoms with van der Waals surface area (Å²) in [6, 6.07) is 3.21. The van der Waals surface area contributed by atoms with Crippen LogP contribution >= 0.6 is 0 Å². The second kappa shape index (κ2) is 4.66. The van der Waals surface area contributed by atoms with E-state index in [9.17, 15) is 8.78 Å². The van der Waals surface area contributed by atoms with Gasteiger partial charge in [0.1, 0.15) is 0 Å². The fourth-order valence-corrected chi connectivity index (χ4v) is 1.91. The Hall–Kier alpha value is -1.03. The minimum Gasteiger partial charge on any atom is -0.317 e. The van der Waals surface area contributed by atoms with Crippen molar-refractivity contribution in [3.8, 4) is 0 Å². The van der Waals surface area contributed by atoms with E-state index >= 15 is 0 Å². The minimum atomic E-state index is -2.42. The standard InChI is InChI=1S/C11H14F2N2/c12-11(13)9-1-2-10(15-7-9)8-3-5-14-6-4-8/h1-2,7-8,11,14H,3-6H2. The first-order valence-electron chi connectivity index (χ1n) is 5.22. The monoisotopic (exact) mass is 212 g/mol. The van der Waals surface area contributed by atoms with Crippen molar-refractivity contribution in [3.05, 3.63) is 29.6 Å². The molecule has 0 aromatic carbocycles. The van der Waals surface area contributed by atoms with E-state index in [2.05, 4.69) is 10.3 Å². The largest absolute Gasteiger partial charge is 0.317 e. The molecule has 1 fully saturated rings. The maximum absolute atomic E-state index is 12.3. The smallest absolute Gasteiger partial charge is 0.265 e. The highest BCUT2D eigenvalue weighted by Gasteiger charge is 2.16. The Morgan fingerprint density at radius 2 is 2.00 bits per heavy atom. The molecule has 1 aliphatic rings. The molecule has 0 aliphatic carbocycles. The third-order valence-corrected chi connectivity index (χ3v) is 2.82. The lowest BCUT2D eigenvalue weighted by Crippen LogP contribution is -2.27. The quantitative estimate of drug-likeness (QED) is 0.814. The van der Waals surface area contributed by atoms with E-state index in [-0.39, 0.29) is 5.56 Å². The van der Waals surface area contributed by atoms with Gasteiger partial charge in [0.2, 0.25) is 0 Å². The molecule has 1 aromatic heterocycles. The lowest BCUT2D eigenvalue weighted by atomic mass is 9.94. The van der Waals surface area contributed by atoms with E-state index in [1.807, 2.05) is 0 Å².